The van der Waals surface area contributed by atoms with Crippen molar-refractivity contribution in [1.29, 1.82) is 0 Å². The molecule has 0 heterocycles. The molecular formula is C24H20. The molecule has 24 heavy (non-hydrogen) atoms. The van der Waals surface area contributed by atoms with Crippen LogP contribution >= 0.6 is 0 Å². The summed E-state index contributed by atoms with van der Waals surface area (Å²) < 4.78 is 0. The summed E-state index contributed by atoms with van der Waals surface area (Å²) >= 11 is 0. The smallest absolute Gasteiger partial charge is 0.0105 e. The van der Waals surface area contributed by atoms with Crippen molar-refractivity contribution in [3.8, 4) is 0 Å². The van der Waals surface area contributed by atoms with Gasteiger partial charge in [0.25, 0.3) is 0 Å². The summed E-state index contributed by atoms with van der Waals surface area (Å²) in [6.45, 7) is 4.05. The van der Waals surface area contributed by atoms with Crippen LogP contribution in [0.3, 0.4) is 0 Å². The highest BCUT2D eigenvalue weighted by Gasteiger charge is 2.06. The van der Waals surface area contributed by atoms with Crippen molar-refractivity contribution in [2.24, 2.45) is 0 Å². The molecule has 0 saturated carbocycles. The van der Waals surface area contributed by atoms with Crippen LogP contribution in [0.25, 0.3) is 17.2 Å². The molecule has 0 nitrogen and oxygen atoms in total. The predicted molar refractivity (Wildman–Crippen MR) is 105 cm³/mol. The lowest BCUT2D eigenvalue weighted by Gasteiger charge is -2.10. The van der Waals surface area contributed by atoms with Gasteiger partial charge in [-0.25, -0.2) is 0 Å². The number of hydrogen-bond donors (Lipinski definition) is 0. The summed E-state index contributed by atoms with van der Waals surface area (Å²) in [5, 5.41) is 0. The van der Waals surface area contributed by atoms with E-state index in [0.29, 0.717) is 0 Å². The van der Waals surface area contributed by atoms with Gasteiger partial charge in [0, 0.05) is 0 Å². The molecule has 0 N–H and O–H groups in total. The maximum atomic E-state index is 4.05. The van der Waals surface area contributed by atoms with Gasteiger partial charge in [0.15, 0.2) is 0 Å². The molecule has 3 aromatic rings. The molecule has 116 valence electrons. The van der Waals surface area contributed by atoms with E-state index < -0.39 is 0 Å². The second-order valence-electron chi connectivity index (χ2n) is 5.51. The number of benzene rings is 3. The standard InChI is InChI=1S/C24H20/c1-2-23(21-14-8-4-9-15-21)24(22-16-10-5-11-17-22)19-18-20-12-6-3-7-13-20/h2-19H,1H2. The molecule has 0 saturated heterocycles. The molecule has 0 aliphatic rings. The van der Waals surface area contributed by atoms with E-state index in [0.717, 1.165) is 5.57 Å². The highest BCUT2D eigenvalue weighted by Crippen LogP contribution is 2.29. The van der Waals surface area contributed by atoms with Gasteiger partial charge >= 0.3 is 0 Å². The fourth-order valence-electron chi connectivity index (χ4n) is 2.70. The van der Waals surface area contributed by atoms with Crippen LogP contribution in [0.1, 0.15) is 16.7 Å². The fourth-order valence-corrected chi connectivity index (χ4v) is 2.70. The lowest BCUT2D eigenvalue weighted by molar-refractivity contribution is 1.59. The van der Waals surface area contributed by atoms with Crippen molar-refractivity contribution in [1.82, 2.24) is 0 Å². The molecule has 0 radical (unpaired) electrons. The summed E-state index contributed by atoms with van der Waals surface area (Å²) in [7, 11) is 0. The molecular weight excluding hydrogens is 288 g/mol. The Morgan fingerprint density at radius 2 is 1.04 bits per heavy atom. The van der Waals surface area contributed by atoms with Gasteiger partial charge in [-0.1, -0.05) is 116 Å². The van der Waals surface area contributed by atoms with Crippen LogP contribution in [0, 0.1) is 0 Å². The highest BCUT2D eigenvalue weighted by atomic mass is 14.1. The van der Waals surface area contributed by atoms with E-state index in [1.807, 2.05) is 24.3 Å². The van der Waals surface area contributed by atoms with Gasteiger partial charge < -0.3 is 0 Å². The maximum absolute atomic E-state index is 4.05. The van der Waals surface area contributed by atoms with Crippen molar-refractivity contribution in [3.05, 3.63) is 126 Å². The SMILES string of the molecule is C=CC(=C(C=Cc1ccccc1)c1ccccc1)c1ccccc1. The molecule has 0 fully saturated rings. The lowest BCUT2D eigenvalue weighted by Crippen LogP contribution is -1.88. The molecule has 3 aromatic carbocycles. The lowest BCUT2D eigenvalue weighted by atomic mass is 9.94. The fraction of sp³-hybridized carbons (Fsp3) is 0. The zero-order valence-corrected chi connectivity index (χ0v) is 13.6. The molecule has 0 heteroatoms. The highest BCUT2D eigenvalue weighted by molar-refractivity contribution is 6.00. The van der Waals surface area contributed by atoms with E-state index in [9.17, 15) is 0 Å². The first-order valence-corrected chi connectivity index (χ1v) is 8.09. The average molecular weight is 308 g/mol. The predicted octanol–water partition coefficient (Wildman–Crippen LogP) is 6.50. The van der Waals surface area contributed by atoms with Crippen LogP contribution in [-0.2, 0) is 0 Å². The third-order valence-electron chi connectivity index (χ3n) is 3.91. The van der Waals surface area contributed by atoms with Gasteiger partial charge in [-0.3, -0.25) is 0 Å². The van der Waals surface area contributed by atoms with E-state index in [1.165, 1.54) is 22.3 Å². The second-order valence-corrected chi connectivity index (χ2v) is 5.51. The molecule has 0 aliphatic carbocycles. The van der Waals surface area contributed by atoms with E-state index >= 15 is 0 Å². The summed E-state index contributed by atoms with van der Waals surface area (Å²) in [6, 6.07) is 31.2. The Balaban J connectivity index is 2.13. The number of hydrogen-bond acceptors (Lipinski definition) is 0. The summed E-state index contributed by atoms with van der Waals surface area (Å²) in [5.41, 5.74) is 5.84. The summed E-state index contributed by atoms with van der Waals surface area (Å²) in [6.07, 6.45) is 6.26. The van der Waals surface area contributed by atoms with Crippen molar-refractivity contribution in [2.45, 2.75) is 0 Å². The Kier molecular flexibility index (Phi) is 5.21. The van der Waals surface area contributed by atoms with E-state index in [4.69, 9.17) is 0 Å². The second kappa shape index (κ2) is 7.94. The largest absolute Gasteiger partial charge is 0.0984 e. The quantitative estimate of drug-likeness (QED) is 0.373. The summed E-state index contributed by atoms with van der Waals surface area (Å²) in [5.74, 6) is 0. The Morgan fingerprint density at radius 3 is 1.54 bits per heavy atom. The van der Waals surface area contributed by atoms with Gasteiger partial charge in [0.1, 0.15) is 0 Å². The monoisotopic (exact) mass is 308 g/mol. The molecule has 3 rings (SSSR count). The summed E-state index contributed by atoms with van der Waals surface area (Å²) in [4.78, 5) is 0. The zero-order valence-electron chi connectivity index (χ0n) is 13.6. The van der Waals surface area contributed by atoms with Gasteiger partial charge in [0.2, 0.25) is 0 Å². The van der Waals surface area contributed by atoms with Crippen LogP contribution < -0.4 is 0 Å². The Hall–Kier alpha value is -3.12. The molecule has 0 aromatic heterocycles. The van der Waals surface area contributed by atoms with Crippen LogP contribution in [0.5, 0.6) is 0 Å². The van der Waals surface area contributed by atoms with Crippen molar-refractivity contribution >= 4 is 17.2 Å². The number of rotatable bonds is 5. The molecule has 0 amide bonds. The molecule has 0 aliphatic heterocycles. The topological polar surface area (TPSA) is 0 Å². The zero-order chi connectivity index (χ0) is 16.6. The van der Waals surface area contributed by atoms with Crippen molar-refractivity contribution in [3.63, 3.8) is 0 Å². The molecule has 0 atom stereocenters. The van der Waals surface area contributed by atoms with E-state index in [1.54, 1.807) is 0 Å². The molecule has 0 unspecified atom stereocenters. The Morgan fingerprint density at radius 1 is 0.583 bits per heavy atom. The van der Waals surface area contributed by atoms with Gasteiger partial charge in [-0.05, 0) is 27.8 Å². The average Bonchev–Trinajstić information content (AvgIpc) is 2.67. The van der Waals surface area contributed by atoms with Crippen LogP contribution in [0.4, 0.5) is 0 Å². The first kappa shape index (κ1) is 15.8. The Labute approximate surface area is 144 Å². The van der Waals surface area contributed by atoms with Gasteiger partial charge in [-0.2, -0.15) is 0 Å². The first-order valence-electron chi connectivity index (χ1n) is 8.09. The number of allylic oxidation sites excluding steroid dienone is 4. The first-order chi connectivity index (χ1) is 11.9. The minimum Gasteiger partial charge on any atom is -0.0984 e. The van der Waals surface area contributed by atoms with Crippen molar-refractivity contribution < 1.29 is 0 Å². The normalized spacial score (nSPS) is 12.0. The minimum absolute atomic E-state index is 1.13. The van der Waals surface area contributed by atoms with Crippen LogP contribution in [0.2, 0.25) is 0 Å². The van der Waals surface area contributed by atoms with Crippen LogP contribution in [-0.4, -0.2) is 0 Å². The van der Waals surface area contributed by atoms with Gasteiger partial charge in [0.05, 0.1) is 0 Å². The Bertz CT molecular complexity index is 838. The molecule has 0 spiro atoms. The van der Waals surface area contributed by atoms with E-state index in [2.05, 4.69) is 91.5 Å². The third-order valence-corrected chi connectivity index (χ3v) is 3.91. The molecule has 0 bridgehead atoms. The van der Waals surface area contributed by atoms with Crippen molar-refractivity contribution in [2.75, 3.05) is 0 Å². The third kappa shape index (κ3) is 3.80. The van der Waals surface area contributed by atoms with Gasteiger partial charge in [-0.15, -0.1) is 0 Å². The minimum atomic E-state index is 1.13. The van der Waals surface area contributed by atoms with E-state index in [-0.39, 0.29) is 0 Å². The van der Waals surface area contributed by atoms with Crippen LogP contribution in [0.15, 0.2) is 110 Å². The maximum Gasteiger partial charge on any atom is -0.0105 e.